The van der Waals surface area contributed by atoms with Crippen LogP contribution in [0, 0.1) is 11.8 Å². The van der Waals surface area contributed by atoms with E-state index >= 15 is 0 Å². The van der Waals surface area contributed by atoms with Crippen LogP contribution in [0.25, 0.3) is 0 Å². The Morgan fingerprint density at radius 1 is 1.23 bits per heavy atom. The van der Waals surface area contributed by atoms with Crippen LogP contribution in [0.5, 0.6) is 0 Å². The summed E-state index contributed by atoms with van der Waals surface area (Å²) in [5.74, 6) is -3.37. The topological polar surface area (TPSA) is 66.8 Å². The molecule has 0 radical (unpaired) electrons. The molecule has 1 aromatic rings. The average molecular weight is 388 g/mol. The molecule has 0 spiro atoms. The first-order chi connectivity index (χ1) is 12.0. The van der Waals surface area contributed by atoms with Crippen LogP contribution in [-0.2, 0) is 20.5 Å². The van der Waals surface area contributed by atoms with E-state index in [0.717, 1.165) is 12.1 Å². The lowest BCUT2D eigenvalue weighted by atomic mass is 9.73. The molecule has 4 atom stereocenters. The highest BCUT2D eigenvalue weighted by atomic mass is 35.5. The summed E-state index contributed by atoms with van der Waals surface area (Å²) < 4.78 is 44.8. The van der Waals surface area contributed by atoms with E-state index in [1.165, 1.54) is 6.08 Å². The number of ether oxygens (including phenoxy) is 1. The summed E-state index contributed by atoms with van der Waals surface area (Å²) in [7, 11) is 0. The van der Waals surface area contributed by atoms with Gasteiger partial charge in [-0.25, -0.2) is 4.90 Å². The lowest BCUT2D eigenvalue weighted by molar-refractivity contribution is -0.138. The molecule has 4 rings (SSSR count). The Morgan fingerprint density at radius 2 is 1.88 bits per heavy atom. The number of hydrogen-bond acceptors (Lipinski definition) is 4. The molecule has 0 saturated carbocycles. The van der Waals surface area contributed by atoms with Gasteiger partial charge in [-0.1, -0.05) is 23.8 Å². The summed E-state index contributed by atoms with van der Waals surface area (Å²) in [6.07, 6.45) is -1.51. The Balaban J connectivity index is 1.82. The number of benzene rings is 1. The maximum Gasteiger partial charge on any atom is 0.416 e. The summed E-state index contributed by atoms with van der Waals surface area (Å²) >= 11 is 6.00. The van der Waals surface area contributed by atoms with Gasteiger partial charge in [-0.05, 0) is 25.1 Å². The number of aliphatic hydroxyl groups excluding tert-OH is 1. The SMILES string of the molecule is C[C@@]12C=C[C@](CO)(O1)[C@H]1C(=O)N(c3cc(C(F)(F)F)ccc3Cl)C(=O)[C@@H]12. The van der Waals surface area contributed by atoms with Crippen LogP contribution in [-0.4, -0.2) is 34.7 Å². The van der Waals surface area contributed by atoms with Gasteiger partial charge >= 0.3 is 6.18 Å². The molecule has 3 heterocycles. The van der Waals surface area contributed by atoms with Gasteiger partial charge in [0.2, 0.25) is 11.8 Å². The molecule has 26 heavy (non-hydrogen) atoms. The van der Waals surface area contributed by atoms with E-state index in [-0.39, 0.29) is 10.7 Å². The van der Waals surface area contributed by atoms with Gasteiger partial charge in [-0.15, -0.1) is 0 Å². The number of rotatable bonds is 2. The fourth-order valence-corrected chi connectivity index (χ4v) is 4.34. The number of aliphatic hydroxyl groups is 1. The van der Waals surface area contributed by atoms with Crippen molar-refractivity contribution in [2.45, 2.75) is 24.3 Å². The zero-order valence-corrected chi connectivity index (χ0v) is 14.1. The van der Waals surface area contributed by atoms with Crippen molar-refractivity contribution >= 4 is 29.1 Å². The monoisotopic (exact) mass is 387 g/mol. The van der Waals surface area contributed by atoms with Crippen LogP contribution in [0.3, 0.4) is 0 Å². The van der Waals surface area contributed by atoms with E-state index in [2.05, 4.69) is 0 Å². The van der Waals surface area contributed by atoms with Gasteiger partial charge in [-0.2, -0.15) is 13.2 Å². The van der Waals surface area contributed by atoms with Gasteiger partial charge in [0, 0.05) is 0 Å². The molecule has 3 aliphatic rings. The third-order valence-corrected chi connectivity index (χ3v) is 5.64. The predicted octanol–water partition coefficient (Wildman–Crippen LogP) is 2.55. The molecule has 2 amide bonds. The molecule has 3 aliphatic heterocycles. The Kier molecular flexibility index (Phi) is 3.43. The third kappa shape index (κ3) is 2.06. The fourth-order valence-electron chi connectivity index (χ4n) is 4.14. The van der Waals surface area contributed by atoms with Gasteiger partial charge in [0.1, 0.15) is 5.60 Å². The van der Waals surface area contributed by atoms with Crippen molar-refractivity contribution in [1.82, 2.24) is 0 Å². The highest BCUT2D eigenvalue weighted by Crippen LogP contribution is 2.58. The first-order valence-electron chi connectivity index (χ1n) is 7.80. The lowest BCUT2D eigenvalue weighted by Crippen LogP contribution is -2.43. The van der Waals surface area contributed by atoms with Crippen molar-refractivity contribution in [3.63, 3.8) is 0 Å². The van der Waals surface area contributed by atoms with Crippen LogP contribution in [0.2, 0.25) is 5.02 Å². The number of fused-ring (bicyclic) bond motifs is 5. The van der Waals surface area contributed by atoms with Gasteiger partial charge in [0.25, 0.3) is 0 Å². The molecular formula is C17H13ClF3NO4. The number of carbonyl (C=O) groups is 2. The number of alkyl halides is 3. The summed E-state index contributed by atoms with van der Waals surface area (Å²) in [4.78, 5) is 26.6. The minimum absolute atomic E-state index is 0.149. The minimum atomic E-state index is -4.65. The van der Waals surface area contributed by atoms with Gasteiger partial charge < -0.3 is 9.84 Å². The maximum absolute atomic E-state index is 13.0. The summed E-state index contributed by atoms with van der Waals surface area (Å²) in [5.41, 5.74) is -3.80. The standard InChI is InChI=1S/C17H13ClF3NO4/c1-15-4-5-16(7-23,26-15)12-11(15)13(24)22(14(12)25)10-6-8(17(19,20)21)2-3-9(10)18/h2-6,11-12,23H,7H2,1H3/t11-,12-,15+,16-/m1/s1. The summed E-state index contributed by atoms with van der Waals surface area (Å²) in [5, 5.41) is 9.59. The van der Waals surface area contributed by atoms with Crippen molar-refractivity contribution in [1.29, 1.82) is 0 Å². The van der Waals surface area contributed by atoms with E-state index < -0.39 is 53.2 Å². The predicted molar refractivity (Wildman–Crippen MR) is 84.4 cm³/mol. The number of halogens is 4. The molecule has 0 aliphatic carbocycles. The maximum atomic E-state index is 13.0. The smallest absolute Gasteiger partial charge is 0.393 e. The Labute approximate surface area is 151 Å². The van der Waals surface area contributed by atoms with Crippen molar-refractivity contribution < 1.29 is 32.6 Å². The normalized spacial score (nSPS) is 35.5. The van der Waals surface area contributed by atoms with Crippen molar-refractivity contribution in [3.05, 3.63) is 40.9 Å². The molecule has 0 aromatic heterocycles. The zero-order valence-electron chi connectivity index (χ0n) is 13.4. The molecule has 2 saturated heterocycles. The highest BCUT2D eigenvalue weighted by Gasteiger charge is 2.72. The van der Waals surface area contributed by atoms with Gasteiger partial charge in [0.05, 0.1) is 40.3 Å². The van der Waals surface area contributed by atoms with Crippen LogP contribution in [0.15, 0.2) is 30.4 Å². The van der Waals surface area contributed by atoms with Crippen LogP contribution >= 0.6 is 11.6 Å². The average Bonchev–Trinajstić information content (AvgIpc) is 3.13. The quantitative estimate of drug-likeness (QED) is 0.625. The van der Waals surface area contributed by atoms with E-state index in [9.17, 15) is 27.9 Å². The molecule has 138 valence electrons. The van der Waals surface area contributed by atoms with Crippen LogP contribution in [0.1, 0.15) is 12.5 Å². The van der Waals surface area contributed by atoms with Gasteiger partial charge in [0.15, 0.2) is 0 Å². The van der Waals surface area contributed by atoms with Gasteiger partial charge in [-0.3, -0.25) is 9.59 Å². The molecule has 1 N–H and O–H groups in total. The van der Waals surface area contributed by atoms with E-state index in [4.69, 9.17) is 16.3 Å². The number of anilines is 1. The number of nitrogens with zero attached hydrogens (tertiary/aromatic N) is 1. The van der Waals surface area contributed by atoms with Crippen LogP contribution in [0.4, 0.5) is 18.9 Å². The lowest BCUT2D eigenvalue weighted by Gasteiger charge is -2.27. The first-order valence-corrected chi connectivity index (χ1v) is 8.18. The minimum Gasteiger partial charge on any atom is -0.393 e. The molecular weight excluding hydrogens is 375 g/mol. The molecule has 2 bridgehead atoms. The Bertz CT molecular complexity index is 870. The first kappa shape index (κ1) is 17.5. The third-order valence-electron chi connectivity index (χ3n) is 5.32. The number of carbonyl (C=O) groups excluding carboxylic acids is 2. The summed E-state index contributed by atoms with van der Waals surface area (Å²) in [6, 6.07) is 2.47. The number of imide groups is 1. The zero-order chi connectivity index (χ0) is 19.1. The number of hydrogen-bond donors (Lipinski definition) is 1. The second kappa shape index (κ2) is 5.09. The van der Waals surface area contributed by atoms with Crippen LogP contribution < -0.4 is 4.90 Å². The summed E-state index contributed by atoms with van der Waals surface area (Å²) in [6.45, 7) is 1.08. The molecule has 9 heteroatoms. The second-order valence-corrected chi connectivity index (χ2v) is 7.27. The fraction of sp³-hybridized carbons (Fsp3) is 0.412. The van der Waals surface area contributed by atoms with E-state index in [1.807, 2.05) is 0 Å². The second-order valence-electron chi connectivity index (χ2n) is 6.86. The van der Waals surface area contributed by atoms with Crippen molar-refractivity contribution in [3.8, 4) is 0 Å². The largest absolute Gasteiger partial charge is 0.416 e. The number of amides is 2. The van der Waals surface area contributed by atoms with E-state index in [0.29, 0.717) is 11.0 Å². The molecule has 2 fully saturated rings. The highest BCUT2D eigenvalue weighted by molar-refractivity contribution is 6.36. The Hall–Kier alpha value is -1.90. The van der Waals surface area contributed by atoms with Crippen molar-refractivity contribution in [2.24, 2.45) is 11.8 Å². The molecule has 5 nitrogen and oxygen atoms in total. The Morgan fingerprint density at radius 3 is 2.50 bits per heavy atom. The molecule has 1 aromatic carbocycles. The van der Waals surface area contributed by atoms with Crippen molar-refractivity contribution in [2.75, 3.05) is 11.5 Å². The molecule has 0 unspecified atom stereocenters. The van der Waals surface area contributed by atoms with E-state index in [1.54, 1.807) is 13.0 Å².